The van der Waals surface area contributed by atoms with Gasteiger partial charge in [-0.3, -0.25) is 14.6 Å². The Labute approximate surface area is 161 Å². The Balaban J connectivity index is 1.45. The Morgan fingerprint density at radius 1 is 1.00 bits per heavy atom. The molecule has 1 amide bonds. The van der Waals surface area contributed by atoms with Crippen LogP contribution >= 0.6 is 0 Å². The smallest absolute Gasteiger partial charge is 0.236 e. The highest BCUT2D eigenvalue weighted by Crippen LogP contribution is 2.13. The average Bonchev–Trinajstić information content (AvgIpc) is 2.66. The number of carbonyl (C=O) groups excluding carboxylic acids is 1. The zero-order chi connectivity index (χ0) is 19.2. The fourth-order valence-electron chi connectivity index (χ4n) is 3.49. The largest absolute Gasteiger partial charge is 0.339 e. The third kappa shape index (κ3) is 5.37. The van der Waals surface area contributed by atoms with Crippen LogP contribution in [0.4, 0.5) is 4.39 Å². The van der Waals surface area contributed by atoms with E-state index in [2.05, 4.69) is 36.1 Å². The van der Waals surface area contributed by atoms with Crippen molar-refractivity contribution in [1.29, 1.82) is 0 Å². The van der Waals surface area contributed by atoms with E-state index in [-0.39, 0.29) is 11.7 Å². The van der Waals surface area contributed by atoms with E-state index in [1.54, 1.807) is 12.1 Å². The second-order valence-electron chi connectivity index (χ2n) is 7.35. The van der Waals surface area contributed by atoms with Crippen molar-refractivity contribution >= 4 is 5.91 Å². The van der Waals surface area contributed by atoms with Gasteiger partial charge in [-0.05, 0) is 31.2 Å². The summed E-state index contributed by atoms with van der Waals surface area (Å²) in [6.07, 6.45) is 0. The van der Waals surface area contributed by atoms with Gasteiger partial charge in [-0.2, -0.15) is 0 Å². The average molecular weight is 369 g/mol. The molecule has 27 heavy (non-hydrogen) atoms. The molecule has 144 valence electrons. The lowest BCUT2D eigenvalue weighted by Gasteiger charge is -2.35. The van der Waals surface area contributed by atoms with E-state index in [0.29, 0.717) is 18.7 Å². The van der Waals surface area contributed by atoms with Gasteiger partial charge in [-0.25, -0.2) is 4.39 Å². The fourth-order valence-corrected chi connectivity index (χ4v) is 3.49. The van der Waals surface area contributed by atoms with E-state index < -0.39 is 0 Å². The van der Waals surface area contributed by atoms with E-state index in [0.717, 1.165) is 32.7 Å². The quantitative estimate of drug-likeness (QED) is 0.783. The first-order valence-electron chi connectivity index (χ1n) is 9.49. The van der Waals surface area contributed by atoms with E-state index in [4.69, 9.17) is 0 Å². The van der Waals surface area contributed by atoms with Crippen molar-refractivity contribution in [2.75, 3.05) is 39.8 Å². The van der Waals surface area contributed by atoms with Gasteiger partial charge in [0.1, 0.15) is 5.82 Å². The zero-order valence-corrected chi connectivity index (χ0v) is 16.2. The first kappa shape index (κ1) is 19.5. The summed E-state index contributed by atoms with van der Waals surface area (Å²) in [5.41, 5.74) is 3.28. The summed E-state index contributed by atoms with van der Waals surface area (Å²) >= 11 is 0. The van der Waals surface area contributed by atoms with E-state index >= 15 is 0 Å². The second-order valence-corrected chi connectivity index (χ2v) is 7.35. The van der Waals surface area contributed by atoms with E-state index in [1.165, 1.54) is 17.2 Å². The molecule has 1 fully saturated rings. The van der Waals surface area contributed by atoms with Crippen LogP contribution in [0.15, 0.2) is 48.5 Å². The first-order chi connectivity index (χ1) is 13.0. The van der Waals surface area contributed by atoms with Crippen LogP contribution in [0.5, 0.6) is 0 Å². The number of amides is 1. The van der Waals surface area contributed by atoms with Gasteiger partial charge in [0.2, 0.25) is 5.91 Å². The molecule has 1 aliphatic heterocycles. The van der Waals surface area contributed by atoms with Crippen LogP contribution in [0, 0.1) is 12.7 Å². The highest BCUT2D eigenvalue weighted by atomic mass is 19.1. The molecular weight excluding hydrogens is 341 g/mol. The Bertz CT molecular complexity index is 772. The standard InChI is InChI=1S/C22H28FN3O/c1-18-7-3-4-8-19(18)16-25-11-13-26(14-12-25)22(27)17-24(2)15-20-9-5-6-10-21(20)23/h3-10H,11-17H2,1-2H3. The van der Waals surface area contributed by atoms with Crippen molar-refractivity contribution in [3.05, 3.63) is 71.0 Å². The van der Waals surface area contributed by atoms with Crippen molar-refractivity contribution in [1.82, 2.24) is 14.7 Å². The minimum absolute atomic E-state index is 0.115. The van der Waals surface area contributed by atoms with Crippen LogP contribution in [0.1, 0.15) is 16.7 Å². The zero-order valence-electron chi connectivity index (χ0n) is 16.2. The Hall–Kier alpha value is -2.24. The number of hydrogen-bond acceptors (Lipinski definition) is 3. The number of rotatable bonds is 6. The number of likely N-dealkylation sites (N-methyl/N-ethyl adjacent to an activating group) is 1. The predicted octanol–water partition coefficient (Wildman–Crippen LogP) is 2.91. The second kappa shape index (κ2) is 9.11. The summed E-state index contributed by atoms with van der Waals surface area (Å²) in [6, 6.07) is 15.2. The van der Waals surface area contributed by atoms with Gasteiger partial charge in [0, 0.05) is 44.8 Å². The van der Waals surface area contributed by atoms with Gasteiger partial charge in [-0.1, -0.05) is 42.5 Å². The molecule has 1 aliphatic rings. The number of carbonyl (C=O) groups is 1. The van der Waals surface area contributed by atoms with Crippen LogP contribution in [0.2, 0.25) is 0 Å². The molecular formula is C22H28FN3O. The summed E-state index contributed by atoms with van der Waals surface area (Å²) in [6.45, 7) is 7.09. The van der Waals surface area contributed by atoms with Gasteiger partial charge >= 0.3 is 0 Å². The number of nitrogens with zero attached hydrogens (tertiary/aromatic N) is 3. The Morgan fingerprint density at radius 2 is 1.63 bits per heavy atom. The minimum atomic E-state index is -0.221. The molecule has 0 saturated carbocycles. The topological polar surface area (TPSA) is 26.8 Å². The molecule has 0 aliphatic carbocycles. The maximum Gasteiger partial charge on any atom is 0.236 e. The predicted molar refractivity (Wildman–Crippen MR) is 106 cm³/mol. The van der Waals surface area contributed by atoms with Gasteiger partial charge < -0.3 is 4.90 Å². The molecule has 0 spiro atoms. The lowest BCUT2D eigenvalue weighted by molar-refractivity contribution is -0.134. The maximum absolute atomic E-state index is 13.8. The summed E-state index contributed by atoms with van der Waals surface area (Å²) in [5.74, 6) is -0.106. The lowest BCUT2D eigenvalue weighted by atomic mass is 10.1. The maximum atomic E-state index is 13.8. The Kier molecular flexibility index (Phi) is 6.58. The summed E-state index contributed by atoms with van der Waals surface area (Å²) < 4.78 is 13.8. The van der Waals surface area contributed by atoms with Crippen molar-refractivity contribution < 1.29 is 9.18 Å². The van der Waals surface area contributed by atoms with Crippen molar-refractivity contribution in [2.45, 2.75) is 20.0 Å². The number of aryl methyl sites for hydroxylation is 1. The molecule has 0 unspecified atom stereocenters. The van der Waals surface area contributed by atoms with Crippen molar-refractivity contribution in [3.8, 4) is 0 Å². The SMILES string of the molecule is Cc1ccccc1CN1CCN(C(=O)CN(C)Cc2ccccc2F)CC1. The molecule has 3 rings (SSSR count). The highest BCUT2D eigenvalue weighted by Gasteiger charge is 2.22. The third-order valence-electron chi connectivity index (χ3n) is 5.18. The van der Waals surface area contributed by atoms with Crippen LogP contribution in [0.25, 0.3) is 0 Å². The fraction of sp³-hybridized carbons (Fsp3) is 0.409. The molecule has 1 heterocycles. The van der Waals surface area contributed by atoms with Gasteiger partial charge in [-0.15, -0.1) is 0 Å². The van der Waals surface area contributed by atoms with Gasteiger partial charge in [0.25, 0.3) is 0 Å². The number of halogens is 1. The van der Waals surface area contributed by atoms with Crippen LogP contribution in [-0.2, 0) is 17.9 Å². The van der Waals surface area contributed by atoms with Crippen LogP contribution in [-0.4, -0.2) is 60.4 Å². The third-order valence-corrected chi connectivity index (χ3v) is 5.18. The van der Waals surface area contributed by atoms with Gasteiger partial charge in [0.05, 0.1) is 6.54 Å². The van der Waals surface area contributed by atoms with Crippen molar-refractivity contribution in [2.24, 2.45) is 0 Å². The number of benzene rings is 2. The minimum Gasteiger partial charge on any atom is -0.339 e. The summed E-state index contributed by atoms with van der Waals surface area (Å²) in [4.78, 5) is 18.8. The van der Waals surface area contributed by atoms with Gasteiger partial charge in [0.15, 0.2) is 0 Å². The molecule has 0 radical (unpaired) electrons. The molecule has 0 aromatic heterocycles. The number of hydrogen-bond donors (Lipinski definition) is 0. The monoisotopic (exact) mass is 369 g/mol. The first-order valence-corrected chi connectivity index (χ1v) is 9.49. The molecule has 0 atom stereocenters. The molecule has 1 saturated heterocycles. The molecule has 2 aromatic carbocycles. The highest BCUT2D eigenvalue weighted by molar-refractivity contribution is 5.78. The molecule has 2 aromatic rings. The Morgan fingerprint density at radius 3 is 2.30 bits per heavy atom. The summed E-state index contributed by atoms with van der Waals surface area (Å²) in [5, 5.41) is 0. The van der Waals surface area contributed by atoms with E-state index in [1.807, 2.05) is 22.9 Å². The molecule has 4 nitrogen and oxygen atoms in total. The van der Waals surface area contributed by atoms with Crippen molar-refractivity contribution in [3.63, 3.8) is 0 Å². The molecule has 5 heteroatoms. The van der Waals surface area contributed by atoms with Crippen LogP contribution in [0.3, 0.4) is 0 Å². The van der Waals surface area contributed by atoms with E-state index in [9.17, 15) is 9.18 Å². The normalized spacial score (nSPS) is 15.3. The summed E-state index contributed by atoms with van der Waals surface area (Å²) in [7, 11) is 1.86. The molecule has 0 N–H and O–H groups in total. The van der Waals surface area contributed by atoms with Crippen LogP contribution < -0.4 is 0 Å². The number of piperazine rings is 1. The molecule has 0 bridgehead atoms. The lowest BCUT2D eigenvalue weighted by Crippen LogP contribution is -2.50.